The van der Waals surface area contributed by atoms with Gasteiger partial charge in [0.25, 0.3) is 0 Å². The molecule has 0 amide bonds. The first-order chi connectivity index (χ1) is 9.45. The molecule has 1 aromatic rings. The molecule has 0 atom stereocenters. The van der Waals surface area contributed by atoms with Crippen molar-refractivity contribution < 1.29 is 0 Å². The fourth-order valence-corrected chi connectivity index (χ4v) is 3.33. The summed E-state index contributed by atoms with van der Waals surface area (Å²) in [5.41, 5.74) is 1.43. The molecule has 2 rings (SSSR count). The van der Waals surface area contributed by atoms with E-state index in [4.69, 9.17) is 0 Å². The molecule has 2 nitrogen and oxygen atoms in total. The lowest BCUT2D eigenvalue weighted by Crippen LogP contribution is -2.25. The molecule has 0 aliphatic carbocycles. The van der Waals surface area contributed by atoms with Crippen LogP contribution in [0.5, 0.6) is 0 Å². The van der Waals surface area contributed by atoms with Gasteiger partial charge in [-0.3, -0.25) is 0 Å². The van der Waals surface area contributed by atoms with E-state index in [0.29, 0.717) is 0 Å². The highest BCUT2D eigenvalue weighted by molar-refractivity contribution is 7.98. The molecular weight excluding hydrogens is 252 g/mol. The highest BCUT2D eigenvalue weighted by Gasteiger charge is 2.09. The molecule has 19 heavy (non-hydrogen) atoms. The third-order valence-corrected chi connectivity index (χ3v) is 4.59. The van der Waals surface area contributed by atoms with E-state index in [1.165, 1.54) is 56.8 Å². The predicted molar refractivity (Wildman–Crippen MR) is 85.8 cm³/mol. The number of benzene rings is 1. The molecule has 1 heterocycles. The summed E-state index contributed by atoms with van der Waals surface area (Å²) in [7, 11) is 0. The van der Waals surface area contributed by atoms with Crippen molar-refractivity contribution in [2.75, 3.05) is 38.5 Å². The Morgan fingerprint density at radius 1 is 1.05 bits per heavy atom. The van der Waals surface area contributed by atoms with E-state index in [1.807, 2.05) is 11.8 Å². The molecule has 1 saturated heterocycles. The second kappa shape index (κ2) is 9.40. The zero-order chi connectivity index (χ0) is 13.2. The number of hydrogen-bond acceptors (Lipinski definition) is 3. The smallest absolute Gasteiger partial charge is 0.0185 e. The number of likely N-dealkylation sites (tertiary alicyclic amines) is 1. The summed E-state index contributed by atoms with van der Waals surface area (Å²) in [4.78, 5) is 2.59. The lowest BCUT2D eigenvalue weighted by atomic mass is 10.2. The summed E-state index contributed by atoms with van der Waals surface area (Å²) in [5, 5.41) is 3.55. The minimum Gasteiger partial charge on any atom is -0.316 e. The summed E-state index contributed by atoms with van der Waals surface area (Å²) in [6.45, 7) is 6.24. The molecule has 1 aliphatic rings. The predicted octanol–water partition coefficient (Wildman–Crippen LogP) is 3.00. The van der Waals surface area contributed by atoms with Crippen molar-refractivity contribution >= 4 is 11.8 Å². The van der Waals surface area contributed by atoms with Gasteiger partial charge in [-0.05, 0) is 51.0 Å². The second-order valence-corrected chi connectivity index (χ2v) is 6.30. The highest BCUT2D eigenvalue weighted by Crippen LogP contribution is 2.10. The Balaban J connectivity index is 1.38. The highest BCUT2D eigenvalue weighted by atomic mass is 32.2. The largest absolute Gasteiger partial charge is 0.316 e. The van der Waals surface area contributed by atoms with Gasteiger partial charge in [0.1, 0.15) is 0 Å². The van der Waals surface area contributed by atoms with Crippen molar-refractivity contribution in [3.8, 4) is 0 Å². The van der Waals surface area contributed by atoms with E-state index in [9.17, 15) is 0 Å². The Hall–Kier alpha value is -0.510. The van der Waals surface area contributed by atoms with Gasteiger partial charge in [-0.2, -0.15) is 11.8 Å². The van der Waals surface area contributed by atoms with Gasteiger partial charge < -0.3 is 10.2 Å². The maximum atomic E-state index is 3.55. The fourth-order valence-electron chi connectivity index (χ4n) is 2.47. The minimum atomic E-state index is 1.14. The van der Waals surface area contributed by atoms with E-state index < -0.39 is 0 Å². The van der Waals surface area contributed by atoms with Crippen molar-refractivity contribution in [3.05, 3.63) is 35.9 Å². The van der Waals surface area contributed by atoms with Gasteiger partial charge in [0.05, 0.1) is 0 Å². The van der Waals surface area contributed by atoms with Crippen molar-refractivity contribution in [1.82, 2.24) is 10.2 Å². The molecule has 1 fully saturated rings. The number of nitrogens with one attached hydrogen (secondary N) is 1. The molecular formula is C16H26N2S. The molecule has 1 aliphatic heterocycles. The molecule has 0 saturated carbocycles. The molecule has 0 spiro atoms. The van der Waals surface area contributed by atoms with Crippen molar-refractivity contribution in [2.24, 2.45) is 0 Å². The fraction of sp³-hybridized carbons (Fsp3) is 0.625. The van der Waals surface area contributed by atoms with E-state index >= 15 is 0 Å². The summed E-state index contributed by atoms with van der Waals surface area (Å²) in [6, 6.07) is 10.7. The van der Waals surface area contributed by atoms with Crippen LogP contribution in [0.25, 0.3) is 0 Å². The average molecular weight is 278 g/mol. The van der Waals surface area contributed by atoms with Gasteiger partial charge in [0.15, 0.2) is 0 Å². The molecule has 1 N–H and O–H groups in total. The zero-order valence-corrected chi connectivity index (χ0v) is 12.6. The second-order valence-electron chi connectivity index (χ2n) is 5.19. The maximum absolute atomic E-state index is 3.55. The van der Waals surface area contributed by atoms with Crippen LogP contribution < -0.4 is 5.32 Å². The van der Waals surface area contributed by atoms with Crippen LogP contribution in [-0.4, -0.2) is 43.4 Å². The lowest BCUT2D eigenvalue weighted by molar-refractivity contribution is 0.331. The quantitative estimate of drug-likeness (QED) is 0.699. The van der Waals surface area contributed by atoms with Crippen LogP contribution in [0, 0.1) is 0 Å². The lowest BCUT2D eigenvalue weighted by Gasteiger charge is -2.14. The van der Waals surface area contributed by atoms with Crippen LogP contribution in [0.4, 0.5) is 0 Å². The van der Waals surface area contributed by atoms with Gasteiger partial charge >= 0.3 is 0 Å². The first-order valence-electron chi connectivity index (χ1n) is 7.50. The van der Waals surface area contributed by atoms with Crippen molar-refractivity contribution in [1.29, 1.82) is 0 Å². The van der Waals surface area contributed by atoms with Crippen molar-refractivity contribution in [2.45, 2.75) is 25.0 Å². The first kappa shape index (κ1) is 14.9. The minimum absolute atomic E-state index is 1.14. The normalized spacial score (nSPS) is 16.0. The van der Waals surface area contributed by atoms with E-state index in [1.54, 1.807) is 0 Å². The Morgan fingerprint density at radius 2 is 1.84 bits per heavy atom. The SMILES string of the molecule is c1ccc(CSCCNCCCN2CCCC2)cc1. The van der Waals surface area contributed by atoms with E-state index in [-0.39, 0.29) is 0 Å². The Labute approximate surface area is 122 Å². The van der Waals surface area contributed by atoms with Gasteiger partial charge in [0.2, 0.25) is 0 Å². The number of nitrogens with zero attached hydrogens (tertiary/aromatic N) is 1. The molecule has 0 aromatic heterocycles. The Morgan fingerprint density at radius 3 is 2.63 bits per heavy atom. The zero-order valence-electron chi connectivity index (χ0n) is 11.8. The summed E-state index contributed by atoms with van der Waals surface area (Å²) in [6.07, 6.45) is 4.11. The van der Waals surface area contributed by atoms with Crippen LogP contribution in [0.3, 0.4) is 0 Å². The van der Waals surface area contributed by atoms with Gasteiger partial charge in [0, 0.05) is 18.1 Å². The summed E-state index contributed by atoms with van der Waals surface area (Å²) >= 11 is 2.02. The first-order valence-corrected chi connectivity index (χ1v) is 8.65. The van der Waals surface area contributed by atoms with Crippen LogP contribution in [0.15, 0.2) is 30.3 Å². The average Bonchev–Trinajstić information content (AvgIpc) is 2.96. The van der Waals surface area contributed by atoms with Crippen molar-refractivity contribution in [3.63, 3.8) is 0 Å². The van der Waals surface area contributed by atoms with Gasteiger partial charge in [-0.15, -0.1) is 0 Å². The molecule has 0 unspecified atom stereocenters. The van der Waals surface area contributed by atoms with Crippen LogP contribution >= 0.6 is 11.8 Å². The molecule has 1 aromatic carbocycles. The molecule has 3 heteroatoms. The Bertz CT molecular complexity index is 323. The summed E-state index contributed by atoms with van der Waals surface area (Å²) < 4.78 is 0. The van der Waals surface area contributed by atoms with Crippen LogP contribution in [-0.2, 0) is 5.75 Å². The Kier molecular flexibility index (Phi) is 7.37. The molecule has 106 valence electrons. The monoisotopic (exact) mass is 278 g/mol. The third-order valence-electron chi connectivity index (χ3n) is 3.56. The van der Waals surface area contributed by atoms with E-state index in [0.717, 1.165) is 12.3 Å². The molecule has 0 bridgehead atoms. The number of hydrogen-bond donors (Lipinski definition) is 1. The maximum Gasteiger partial charge on any atom is 0.0185 e. The summed E-state index contributed by atoms with van der Waals surface area (Å²) in [5.74, 6) is 2.34. The topological polar surface area (TPSA) is 15.3 Å². The number of thioether (sulfide) groups is 1. The third kappa shape index (κ3) is 6.46. The van der Waals surface area contributed by atoms with Crippen LogP contribution in [0.1, 0.15) is 24.8 Å². The van der Waals surface area contributed by atoms with Gasteiger partial charge in [-0.25, -0.2) is 0 Å². The van der Waals surface area contributed by atoms with Gasteiger partial charge in [-0.1, -0.05) is 30.3 Å². The molecule has 0 radical (unpaired) electrons. The number of rotatable bonds is 9. The van der Waals surface area contributed by atoms with Crippen LogP contribution in [0.2, 0.25) is 0 Å². The standard InChI is InChI=1S/C16H26N2S/c1-2-7-16(8-3-1)15-19-14-10-17-9-6-13-18-11-4-5-12-18/h1-3,7-8,17H,4-6,9-15H2. The van der Waals surface area contributed by atoms with E-state index in [2.05, 4.69) is 40.5 Å².